The number of carbonyl (C=O) groups is 1. The highest BCUT2D eigenvalue weighted by molar-refractivity contribution is 7.19. The number of rotatable bonds is 4. The van der Waals surface area contributed by atoms with E-state index in [-0.39, 0.29) is 0 Å². The topological polar surface area (TPSA) is 68.0 Å². The molecule has 3 aromatic heterocycles. The van der Waals surface area contributed by atoms with E-state index >= 15 is 0 Å². The van der Waals surface area contributed by atoms with Crippen LogP contribution < -0.4 is 5.32 Å². The van der Waals surface area contributed by atoms with Gasteiger partial charge in [0.05, 0.1) is 23.6 Å². The van der Waals surface area contributed by atoms with Crippen molar-refractivity contribution in [2.45, 2.75) is 6.92 Å². The summed E-state index contributed by atoms with van der Waals surface area (Å²) in [5.41, 5.74) is 2.14. The van der Waals surface area contributed by atoms with Gasteiger partial charge in [-0.25, -0.2) is 13.8 Å². The molecule has 0 atom stereocenters. The van der Waals surface area contributed by atoms with Gasteiger partial charge in [0, 0.05) is 10.4 Å². The highest BCUT2D eigenvalue weighted by Gasteiger charge is 2.19. The second-order valence-corrected chi connectivity index (χ2v) is 7.05. The maximum atomic E-state index is 13.7. The van der Waals surface area contributed by atoms with Gasteiger partial charge in [-0.15, -0.1) is 11.3 Å². The van der Waals surface area contributed by atoms with Gasteiger partial charge in [0.2, 0.25) is 5.89 Å². The summed E-state index contributed by atoms with van der Waals surface area (Å²) in [6.45, 7) is 1.97. The van der Waals surface area contributed by atoms with Gasteiger partial charge in [0.15, 0.2) is 11.6 Å². The summed E-state index contributed by atoms with van der Waals surface area (Å²) in [6, 6.07) is 9.33. The molecule has 1 amide bonds. The largest absolute Gasteiger partial charge is 0.445 e. The lowest BCUT2D eigenvalue weighted by molar-refractivity contribution is 0.101. The number of aromatic nitrogens is 2. The average molecular weight is 397 g/mol. The predicted molar refractivity (Wildman–Crippen MR) is 102 cm³/mol. The molecule has 5 nitrogen and oxygen atoms in total. The van der Waals surface area contributed by atoms with Gasteiger partial charge < -0.3 is 9.73 Å². The Kier molecular flexibility index (Phi) is 4.70. The minimum Gasteiger partial charge on any atom is -0.445 e. The number of benzene rings is 1. The number of hydrogen-bond acceptors (Lipinski definition) is 5. The van der Waals surface area contributed by atoms with E-state index in [2.05, 4.69) is 15.3 Å². The molecule has 0 aliphatic rings. The van der Waals surface area contributed by atoms with Gasteiger partial charge in [-0.2, -0.15) is 0 Å². The highest BCUT2D eigenvalue weighted by Crippen LogP contribution is 2.35. The maximum Gasteiger partial charge on any atom is 0.262 e. The molecule has 0 radical (unpaired) electrons. The zero-order valence-corrected chi connectivity index (χ0v) is 15.4. The van der Waals surface area contributed by atoms with Crippen molar-refractivity contribution in [3.8, 4) is 21.9 Å². The third-order valence-electron chi connectivity index (χ3n) is 4.11. The van der Waals surface area contributed by atoms with Crippen LogP contribution in [-0.2, 0) is 0 Å². The fourth-order valence-corrected chi connectivity index (χ4v) is 3.72. The molecule has 0 bridgehead atoms. The normalized spacial score (nSPS) is 10.8. The van der Waals surface area contributed by atoms with E-state index in [0.29, 0.717) is 10.9 Å². The Morgan fingerprint density at radius 1 is 1.14 bits per heavy atom. The number of amides is 1. The number of halogens is 2. The van der Waals surface area contributed by atoms with Gasteiger partial charge in [-0.1, -0.05) is 6.07 Å². The standard InChI is InChI=1S/C20H13F2N3O2S/c1-11-2-3-12(20-24-6-7-27-20)8-13(11)16-4-5-17(28-16)25-19(26)18-14(21)9-23-10-15(18)22/h2-10H,1H3,(H,25,26). The number of nitrogens with zero attached hydrogens (tertiary/aromatic N) is 2. The first-order valence-electron chi connectivity index (χ1n) is 8.24. The SMILES string of the molecule is Cc1ccc(-c2ncco2)cc1-c1ccc(NC(=O)c2c(F)cncc2F)s1. The quantitative estimate of drug-likeness (QED) is 0.507. The van der Waals surface area contributed by atoms with Crippen LogP contribution in [0.25, 0.3) is 21.9 Å². The number of pyridine rings is 1. The second-order valence-electron chi connectivity index (χ2n) is 5.96. The minimum atomic E-state index is -1.01. The molecule has 1 N–H and O–H groups in total. The lowest BCUT2D eigenvalue weighted by Crippen LogP contribution is -2.15. The van der Waals surface area contributed by atoms with Gasteiger partial charge >= 0.3 is 0 Å². The number of carbonyl (C=O) groups excluding carboxylic acids is 1. The Hall–Kier alpha value is -3.39. The monoisotopic (exact) mass is 397 g/mol. The van der Waals surface area contributed by atoms with Crippen molar-refractivity contribution in [3.63, 3.8) is 0 Å². The smallest absolute Gasteiger partial charge is 0.262 e. The average Bonchev–Trinajstić information content (AvgIpc) is 3.34. The van der Waals surface area contributed by atoms with Gasteiger partial charge in [-0.05, 0) is 42.3 Å². The van der Waals surface area contributed by atoms with Crippen LogP contribution in [0.1, 0.15) is 15.9 Å². The van der Waals surface area contributed by atoms with E-state index < -0.39 is 23.1 Å². The molecule has 4 rings (SSSR count). The number of anilines is 1. The first-order chi connectivity index (χ1) is 13.5. The van der Waals surface area contributed by atoms with E-state index in [1.54, 1.807) is 12.3 Å². The van der Waals surface area contributed by atoms with Crippen LogP contribution in [0.15, 0.2) is 59.6 Å². The van der Waals surface area contributed by atoms with E-state index in [0.717, 1.165) is 34.0 Å². The third-order valence-corrected chi connectivity index (χ3v) is 5.14. The Morgan fingerprint density at radius 2 is 1.93 bits per heavy atom. The molecule has 4 aromatic rings. The van der Waals surface area contributed by atoms with Crippen LogP contribution in [0, 0.1) is 18.6 Å². The van der Waals surface area contributed by atoms with Crippen molar-refractivity contribution in [2.75, 3.05) is 5.32 Å². The summed E-state index contributed by atoms with van der Waals surface area (Å²) in [7, 11) is 0. The molecular formula is C20H13F2N3O2S. The van der Waals surface area contributed by atoms with E-state index in [4.69, 9.17) is 4.42 Å². The van der Waals surface area contributed by atoms with Gasteiger partial charge in [-0.3, -0.25) is 9.78 Å². The Morgan fingerprint density at radius 3 is 2.64 bits per heavy atom. The Labute approximate surface area is 162 Å². The summed E-state index contributed by atoms with van der Waals surface area (Å²) in [4.78, 5) is 20.7. The lowest BCUT2D eigenvalue weighted by Gasteiger charge is -2.06. The first kappa shape index (κ1) is 18.0. The van der Waals surface area contributed by atoms with Crippen LogP contribution in [0.5, 0.6) is 0 Å². The molecule has 140 valence electrons. The summed E-state index contributed by atoms with van der Waals surface area (Å²) in [5, 5.41) is 3.00. The molecule has 28 heavy (non-hydrogen) atoms. The fourth-order valence-electron chi connectivity index (χ4n) is 2.74. The van der Waals surface area contributed by atoms with Crippen LogP contribution in [0.2, 0.25) is 0 Å². The molecule has 0 saturated carbocycles. The minimum absolute atomic E-state index is 0.469. The second kappa shape index (κ2) is 7.32. The molecule has 0 aliphatic carbocycles. The predicted octanol–water partition coefficient (Wildman–Crippen LogP) is 5.30. The molecule has 0 spiro atoms. The third kappa shape index (κ3) is 3.41. The first-order valence-corrected chi connectivity index (χ1v) is 9.05. The number of oxazole rings is 1. The van der Waals surface area contributed by atoms with Crippen molar-refractivity contribution < 1.29 is 18.0 Å². The Bertz CT molecular complexity index is 1140. The zero-order chi connectivity index (χ0) is 19.7. The Balaban J connectivity index is 1.62. The highest BCUT2D eigenvalue weighted by atomic mass is 32.1. The summed E-state index contributed by atoms with van der Waals surface area (Å²) in [6.07, 6.45) is 4.68. The molecule has 0 unspecified atom stereocenters. The van der Waals surface area contributed by atoms with Gasteiger partial charge in [0.1, 0.15) is 11.8 Å². The van der Waals surface area contributed by atoms with Crippen molar-refractivity contribution in [3.05, 3.63) is 77.9 Å². The zero-order valence-electron chi connectivity index (χ0n) is 14.6. The molecule has 8 heteroatoms. The molecular weight excluding hydrogens is 384 g/mol. The number of thiophene rings is 1. The van der Waals surface area contributed by atoms with Crippen molar-refractivity contribution in [1.29, 1.82) is 0 Å². The maximum absolute atomic E-state index is 13.7. The van der Waals surface area contributed by atoms with E-state index in [1.807, 2.05) is 31.2 Å². The van der Waals surface area contributed by atoms with Crippen molar-refractivity contribution in [2.24, 2.45) is 0 Å². The summed E-state index contributed by atoms with van der Waals surface area (Å²) >= 11 is 1.30. The lowest BCUT2D eigenvalue weighted by atomic mass is 10.0. The van der Waals surface area contributed by atoms with Crippen LogP contribution >= 0.6 is 11.3 Å². The van der Waals surface area contributed by atoms with Crippen LogP contribution in [-0.4, -0.2) is 15.9 Å². The van der Waals surface area contributed by atoms with Crippen molar-refractivity contribution in [1.82, 2.24) is 9.97 Å². The molecule has 3 heterocycles. The number of aryl methyl sites for hydroxylation is 1. The number of nitrogens with one attached hydrogen (secondary N) is 1. The fraction of sp³-hybridized carbons (Fsp3) is 0.0500. The number of hydrogen-bond donors (Lipinski definition) is 1. The van der Waals surface area contributed by atoms with Crippen LogP contribution in [0.4, 0.5) is 13.8 Å². The summed E-state index contributed by atoms with van der Waals surface area (Å²) < 4.78 is 32.8. The van der Waals surface area contributed by atoms with Crippen LogP contribution in [0.3, 0.4) is 0 Å². The van der Waals surface area contributed by atoms with Crippen molar-refractivity contribution >= 4 is 22.2 Å². The van der Waals surface area contributed by atoms with E-state index in [1.165, 1.54) is 17.6 Å². The molecule has 0 fully saturated rings. The molecule has 0 aliphatic heterocycles. The van der Waals surface area contributed by atoms with Gasteiger partial charge in [0.25, 0.3) is 5.91 Å². The summed E-state index contributed by atoms with van der Waals surface area (Å²) in [5.74, 6) is -2.38. The molecule has 1 aromatic carbocycles. The van der Waals surface area contributed by atoms with E-state index in [9.17, 15) is 13.6 Å². The molecule has 0 saturated heterocycles.